The van der Waals surface area contributed by atoms with Gasteiger partial charge in [-0.1, -0.05) is 28.1 Å². The van der Waals surface area contributed by atoms with Crippen LogP contribution in [0, 0.1) is 0 Å². The van der Waals surface area contributed by atoms with E-state index in [2.05, 4.69) is 20.9 Å². The summed E-state index contributed by atoms with van der Waals surface area (Å²) >= 11 is 3.38. The number of rotatable bonds is 0. The molecular formula is C15H8BrNO2. The largest absolute Gasteiger partial charge is 0.454 e. The van der Waals surface area contributed by atoms with Gasteiger partial charge in [-0.2, -0.15) is 0 Å². The molecule has 2 heterocycles. The summed E-state index contributed by atoms with van der Waals surface area (Å²) in [5.74, 6) is 0. The number of furan rings is 1. The molecule has 4 heteroatoms. The van der Waals surface area contributed by atoms with Gasteiger partial charge >= 0.3 is 0 Å². The van der Waals surface area contributed by atoms with Gasteiger partial charge in [0.05, 0.1) is 10.9 Å². The predicted molar refractivity (Wildman–Crippen MR) is 79.5 cm³/mol. The van der Waals surface area contributed by atoms with E-state index in [1.54, 1.807) is 6.07 Å². The minimum Gasteiger partial charge on any atom is -0.454 e. The highest BCUT2D eigenvalue weighted by atomic mass is 79.9. The molecule has 0 amide bonds. The van der Waals surface area contributed by atoms with Crippen LogP contribution in [0.1, 0.15) is 0 Å². The summed E-state index contributed by atoms with van der Waals surface area (Å²) in [6, 6.07) is 13.3. The van der Waals surface area contributed by atoms with E-state index in [4.69, 9.17) is 4.42 Å². The normalized spacial score (nSPS) is 11.6. The lowest BCUT2D eigenvalue weighted by Gasteiger charge is -1.98. The average Bonchev–Trinajstić information content (AvgIpc) is 2.78. The molecule has 19 heavy (non-hydrogen) atoms. The Balaban J connectivity index is 2.35. The smallest absolute Gasteiger partial charge is 0.256 e. The first-order chi connectivity index (χ1) is 9.24. The van der Waals surface area contributed by atoms with E-state index in [1.165, 1.54) is 0 Å². The van der Waals surface area contributed by atoms with E-state index in [9.17, 15) is 4.79 Å². The summed E-state index contributed by atoms with van der Waals surface area (Å²) in [6.45, 7) is 0. The van der Waals surface area contributed by atoms with Crippen LogP contribution in [-0.2, 0) is 0 Å². The van der Waals surface area contributed by atoms with E-state index < -0.39 is 0 Å². The van der Waals surface area contributed by atoms with Crippen LogP contribution in [0.3, 0.4) is 0 Å². The van der Waals surface area contributed by atoms with Gasteiger partial charge in [0.15, 0.2) is 5.58 Å². The van der Waals surface area contributed by atoms with Crippen LogP contribution >= 0.6 is 15.9 Å². The highest BCUT2D eigenvalue weighted by Crippen LogP contribution is 2.31. The number of fused-ring (bicyclic) bond motifs is 5. The third kappa shape index (κ3) is 1.47. The van der Waals surface area contributed by atoms with Crippen molar-refractivity contribution >= 4 is 48.8 Å². The molecule has 3 nitrogen and oxygen atoms in total. The number of para-hydroxylation sites is 1. The standard InChI is InChI=1S/C15H8BrNO2/c16-8-5-6-9-11(7-8)15(18)17-13-10-3-1-2-4-12(10)19-14(9)13/h1-7H,(H,17,18). The molecule has 0 spiro atoms. The Morgan fingerprint density at radius 1 is 1.00 bits per heavy atom. The Hall–Kier alpha value is -2.07. The van der Waals surface area contributed by atoms with Crippen LogP contribution in [0.25, 0.3) is 32.8 Å². The summed E-state index contributed by atoms with van der Waals surface area (Å²) in [4.78, 5) is 15.1. The molecule has 92 valence electrons. The van der Waals surface area contributed by atoms with Crippen molar-refractivity contribution in [2.75, 3.05) is 0 Å². The summed E-state index contributed by atoms with van der Waals surface area (Å²) in [5.41, 5.74) is 2.16. The Labute approximate surface area is 116 Å². The fraction of sp³-hybridized carbons (Fsp3) is 0. The summed E-state index contributed by atoms with van der Waals surface area (Å²) < 4.78 is 6.75. The van der Waals surface area contributed by atoms with Crippen molar-refractivity contribution in [3.8, 4) is 0 Å². The van der Waals surface area contributed by atoms with Crippen molar-refractivity contribution in [3.05, 3.63) is 57.3 Å². The molecule has 0 aliphatic heterocycles. The molecule has 0 bridgehead atoms. The summed E-state index contributed by atoms with van der Waals surface area (Å²) in [7, 11) is 0. The van der Waals surface area contributed by atoms with Gasteiger partial charge in [0, 0.05) is 15.2 Å². The van der Waals surface area contributed by atoms with Crippen LogP contribution in [0.2, 0.25) is 0 Å². The number of benzene rings is 2. The molecule has 0 saturated carbocycles. The molecule has 0 atom stereocenters. The minimum atomic E-state index is -0.102. The van der Waals surface area contributed by atoms with Gasteiger partial charge in [-0.25, -0.2) is 0 Å². The molecule has 0 aliphatic rings. The van der Waals surface area contributed by atoms with Gasteiger partial charge in [-0.3, -0.25) is 4.79 Å². The molecule has 1 N–H and O–H groups in total. The fourth-order valence-electron chi connectivity index (χ4n) is 2.44. The summed E-state index contributed by atoms with van der Waals surface area (Å²) in [6.07, 6.45) is 0. The molecule has 0 fully saturated rings. The highest BCUT2D eigenvalue weighted by molar-refractivity contribution is 9.10. The zero-order valence-corrected chi connectivity index (χ0v) is 11.3. The topological polar surface area (TPSA) is 46.0 Å². The van der Waals surface area contributed by atoms with E-state index in [1.807, 2.05) is 36.4 Å². The average molecular weight is 314 g/mol. The third-order valence-corrected chi connectivity index (χ3v) is 3.80. The van der Waals surface area contributed by atoms with E-state index in [-0.39, 0.29) is 5.56 Å². The van der Waals surface area contributed by atoms with Gasteiger partial charge in [0.1, 0.15) is 5.58 Å². The lowest BCUT2D eigenvalue weighted by molar-refractivity contribution is 0.672. The first-order valence-corrected chi connectivity index (χ1v) is 6.66. The van der Waals surface area contributed by atoms with Crippen LogP contribution in [0.15, 0.2) is 56.1 Å². The van der Waals surface area contributed by atoms with Crippen molar-refractivity contribution < 1.29 is 4.42 Å². The number of aromatic amines is 1. The first kappa shape index (κ1) is 10.8. The van der Waals surface area contributed by atoms with Gasteiger partial charge in [0.2, 0.25) is 0 Å². The number of halogens is 1. The second-order valence-electron chi connectivity index (χ2n) is 4.45. The molecule has 2 aromatic carbocycles. The quantitative estimate of drug-likeness (QED) is 0.529. The monoisotopic (exact) mass is 313 g/mol. The van der Waals surface area contributed by atoms with Crippen molar-refractivity contribution in [2.45, 2.75) is 0 Å². The SMILES string of the molecule is O=c1[nH]c2c3ccccc3oc2c2ccc(Br)cc12. The number of hydrogen-bond donors (Lipinski definition) is 1. The number of hydrogen-bond acceptors (Lipinski definition) is 2. The number of aromatic nitrogens is 1. The van der Waals surface area contributed by atoms with Crippen LogP contribution in [-0.4, -0.2) is 4.98 Å². The van der Waals surface area contributed by atoms with Crippen molar-refractivity contribution in [1.29, 1.82) is 0 Å². The van der Waals surface area contributed by atoms with Crippen LogP contribution in [0.5, 0.6) is 0 Å². The highest BCUT2D eigenvalue weighted by Gasteiger charge is 2.12. The second-order valence-corrected chi connectivity index (χ2v) is 5.36. The maximum atomic E-state index is 12.2. The fourth-order valence-corrected chi connectivity index (χ4v) is 2.80. The molecule has 0 radical (unpaired) electrons. The number of pyridine rings is 1. The van der Waals surface area contributed by atoms with Gasteiger partial charge in [-0.15, -0.1) is 0 Å². The molecule has 0 saturated heterocycles. The van der Waals surface area contributed by atoms with E-state index >= 15 is 0 Å². The molecule has 4 rings (SSSR count). The Bertz CT molecular complexity index is 997. The van der Waals surface area contributed by atoms with Crippen LogP contribution < -0.4 is 5.56 Å². The molecular weight excluding hydrogens is 306 g/mol. The van der Waals surface area contributed by atoms with Crippen molar-refractivity contribution in [1.82, 2.24) is 4.98 Å². The third-order valence-electron chi connectivity index (χ3n) is 3.30. The van der Waals surface area contributed by atoms with Gasteiger partial charge in [-0.05, 0) is 30.3 Å². The minimum absolute atomic E-state index is 0.102. The summed E-state index contributed by atoms with van der Waals surface area (Å²) in [5, 5.41) is 2.39. The van der Waals surface area contributed by atoms with Crippen LogP contribution in [0.4, 0.5) is 0 Å². The van der Waals surface area contributed by atoms with E-state index in [0.29, 0.717) is 5.39 Å². The lowest BCUT2D eigenvalue weighted by atomic mass is 10.1. The maximum Gasteiger partial charge on any atom is 0.256 e. The van der Waals surface area contributed by atoms with Crippen molar-refractivity contribution in [3.63, 3.8) is 0 Å². The molecule has 0 unspecified atom stereocenters. The Morgan fingerprint density at radius 2 is 1.84 bits per heavy atom. The predicted octanol–water partition coefficient (Wildman–Crippen LogP) is 4.19. The first-order valence-electron chi connectivity index (χ1n) is 5.87. The zero-order valence-electron chi connectivity index (χ0n) is 9.74. The Morgan fingerprint density at radius 3 is 2.74 bits per heavy atom. The second kappa shape index (κ2) is 3.71. The molecule has 0 aliphatic carbocycles. The van der Waals surface area contributed by atoms with Crippen molar-refractivity contribution in [2.24, 2.45) is 0 Å². The van der Waals surface area contributed by atoms with Gasteiger partial charge in [0.25, 0.3) is 5.56 Å². The lowest BCUT2D eigenvalue weighted by Crippen LogP contribution is -2.05. The Kier molecular flexibility index (Phi) is 2.11. The molecule has 4 aromatic rings. The number of H-pyrrole nitrogens is 1. The zero-order chi connectivity index (χ0) is 13.0. The van der Waals surface area contributed by atoms with E-state index in [0.717, 1.165) is 31.9 Å². The number of nitrogens with one attached hydrogen (secondary N) is 1. The molecule has 2 aromatic heterocycles. The van der Waals surface area contributed by atoms with Gasteiger partial charge < -0.3 is 9.40 Å². The maximum absolute atomic E-state index is 12.2.